The van der Waals surface area contributed by atoms with Crippen LogP contribution in [0.3, 0.4) is 0 Å². The number of nitrogens with one attached hydrogen (secondary N) is 2. The van der Waals surface area contributed by atoms with E-state index in [0.29, 0.717) is 22.3 Å². The van der Waals surface area contributed by atoms with E-state index in [1.165, 1.54) is 0 Å². The molecule has 0 atom stereocenters. The van der Waals surface area contributed by atoms with Gasteiger partial charge < -0.3 is 15.0 Å². The number of para-hydroxylation sites is 4. The van der Waals surface area contributed by atoms with E-state index in [1.54, 1.807) is 12.1 Å². The zero-order valence-corrected chi connectivity index (χ0v) is 15.7. The van der Waals surface area contributed by atoms with E-state index in [-0.39, 0.29) is 18.9 Å². The summed E-state index contributed by atoms with van der Waals surface area (Å²) in [5, 5.41) is 3.47. The molecule has 0 fully saturated rings. The van der Waals surface area contributed by atoms with E-state index >= 15 is 0 Å². The predicted molar refractivity (Wildman–Crippen MR) is 112 cm³/mol. The van der Waals surface area contributed by atoms with Gasteiger partial charge in [-0.25, -0.2) is 4.98 Å². The molecule has 1 heterocycles. The molecule has 28 heavy (non-hydrogen) atoms. The van der Waals surface area contributed by atoms with E-state index < -0.39 is 0 Å². The Balaban J connectivity index is 1.45. The average molecular weight is 392 g/mol. The number of H-pyrrole nitrogens is 1. The molecule has 0 bridgehead atoms. The molecule has 1 amide bonds. The van der Waals surface area contributed by atoms with Gasteiger partial charge in [0, 0.05) is 5.56 Å². The van der Waals surface area contributed by atoms with Crippen molar-refractivity contribution in [2.24, 2.45) is 0 Å². The molecule has 0 radical (unpaired) electrons. The Morgan fingerprint density at radius 2 is 1.75 bits per heavy atom. The standard InChI is InChI=1S/C22H18ClN3O2/c23-16-8-2-6-12-20(16)28-14-13-21(27)24-17-9-3-1-7-15(17)22-25-18-10-4-5-11-19(18)26-22/h1-12H,13-14H2,(H,24,27)(H,25,26). The molecule has 0 spiro atoms. The minimum absolute atomic E-state index is 0.143. The third-order valence-corrected chi connectivity index (χ3v) is 4.58. The highest BCUT2D eigenvalue weighted by atomic mass is 35.5. The predicted octanol–water partition coefficient (Wildman–Crippen LogP) is 5.29. The number of carbonyl (C=O) groups is 1. The lowest BCUT2D eigenvalue weighted by Gasteiger charge is -2.10. The van der Waals surface area contributed by atoms with Crippen LogP contribution in [0.2, 0.25) is 5.02 Å². The van der Waals surface area contributed by atoms with Gasteiger partial charge in [0.1, 0.15) is 11.6 Å². The fourth-order valence-corrected chi connectivity index (χ4v) is 3.10. The number of amides is 1. The summed E-state index contributed by atoms with van der Waals surface area (Å²) in [6.07, 6.45) is 0.208. The number of nitrogens with zero attached hydrogens (tertiary/aromatic N) is 1. The second-order valence-electron chi connectivity index (χ2n) is 6.23. The van der Waals surface area contributed by atoms with Crippen LogP contribution in [0.25, 0.3) is 22.4 Å². The monoisotopic (exact) mass is 391 g/mol. The Morgan fingerprint density at radius 1 is 1.00 bits per heavy atom. The molecule has 3 aromatic carbocycles. The zero-order valence-electron chi connectivity index (χ0n) is 15.0. The van der Waals surface area contributed by atoms with Crippen molar-refractivity contribution >= 4 is 34.2 Å². The second-order valence-corrected chi connectivity index (χ2v) is 6.63. The van der Waals surface area contributed by atoms with Gasteiger partial charge in [-0.05, 0) is 36.4 Å². The summed E-state index contributed by atoms with van der Waals surface area (Å²) in [5.74, 6) is 1.14. The van der Waals surface area contributed by atoms with Crippen molar-refractivity contribution in [1.29, 1.82) is 0 Å². The lowest BCUT2D eigenvalue weighted by Crippen LogP contribution is -2.15. The summed E-state index contributed by atoms with van der Waals surface area (Å²) in [7, 11) is 0. The lowest BCUT2D eigenvalue weighted by atomic mass is 10.1. The van der Waals surface area contributed by atoms with Crippen LogP contribution in [0.1, 0.15) is 6.42 Å². The van der Waals surface area contributed by atoms with Crippen LogP contribution in [-0.4, -0.2) is 22.5 Å². The highest BCUT2D eigenvalue weighted by Gasteiger charge is 2.12. The molecule has 1 aromatic heterocycles. The molecule has 4 rings (SSSR count). The number of aromatic amines is 1. The number of anilines is 1. The van der Waals surface area contributed by atoms with Crippen LogP contribution >= 0.6 is 11.6 Å². The summed E-state index contributed by atoms with van der Waals surface area (Å²) in [6.45, 7) is 0.238. The number of fused-ring (bicyclic) bond motifs is 1. The Labute approximate surface area is 167 Å². The highest BCUT2D eigenvalue weighted by molar-refractivity contribution is 6.32. The van der Waals surface area contributed by atoms with Gasteiger partial charge in [-0.2, -0.15) is 0 Å². The van der Waals surface area contributed by atoms with Crippen molar-refractivity contribution in [2.75, 3.05) is 11.9 Å². The van der Waals surface area contributed by atoms with E-state index in [2.05, 4.69) is 15.3 Å². The second kappa shape index (κ2) is 8.15. The molecule has 0 saturated carbocycles. The molecule has 5 nitrogen and oxygen atoms in total. The molecule has 0 saturated heterocycles. The van der Waals surface area contributed by atoms with E-state index in [1.807, 2.05) is 60.7 Å². The van der Waals surface area contributed by atoms with Gasteiger partial charge in [0.05, 0.1) is 34.8 Å². The molecule has 2 N–H and O–H groups in total. The summed E-state index contributed by atoms with van der Waals surface area (Å²) in [6, 6.07) is 22.6. The van der Waals surface area contributed by atoms with Gasteiger partial charge in [-0.3, -0.25) is 4.79 Å². The number of imidazole rings is 1. The molecular formula is C22H18ClN3O2. The first-order chi connectivity index (χ1) is 13.7. The van der Waals surface area contributed by atoms with Gasteiger partial charge in [-0.15, -0.1) is 0 Å². The number of ether oxygens (including phenoxy) is 1. The van der Waals surface area contributed by atoms with E-state index in [0.717, 1.165) is 16.6 Å². The maximum Gasteiger partial charge on any atom is 0.227 e. The van der Waals surface area contributed by atoms with Crippen molar-refractivity contribution in [3.8, 4) is 17.1 Å². The number of hydrogen-bond donors (Lipinski definition) is 2. The van der Waals surface area contributed by atoms with Crippen molar-refractivity contribution < 1.29 is 9.53 Å². The number of hydrogen-bond acceptors (Lipinski definition) is 3. The molecule has 4 aromatic rings. The third kappa shape index (κ3) is 4.00. The summed E-state index contributed by atoms with van der Waals surface area (Å²) < 4.78 is 5.59. The maximum atomic E-state index is 12.4. The Kier molecular flexibility index (Phi) is 5.26. The third-order valence-electron chi connectivity index (χ3n) is 4.27. The van der Waals surface area contributed by atoms with Gasteiger partial charge in [0.15, 0.2) is 0 Å². The molecule has 0 aliphatic rings. The molecule has 0 aliphatic carbocycles. The largest absolute Gasteiger partial charge is 0.491 e. The van der Waals surface area contributed by atoms with Crippen LogP contribution in [-0.2, 0) is 4.79 Å². The minimum atomic E-state index is -0.143. The summed E-state index contributed by atoms with van der Waals surface area (Å²) in [4.78, 5) is 20.3. The van der Waals surface area contributed by atoms with Crippen LogP contribution < -0.4 is 10.1 Å². The molecule has 6 heteroatoms. The first kappa shape index (κ1) is 18.1. The van der Waals surface area contributed by atoms with E-state index in [4.69, 9.17) is 16.3 Å². The smallest absolute Gasteiger partial charge is 0.227 e. The molecule has 0 aliphatic heterocycles. The van der Waals surface area contributed by atoms with Crippen molar-refractivity contribution in [2.45, 2.75) is 6.42 Å². The topological polar surface area (TPSA) is 67.0 Å². The fraction of sp³-hybridized carbons (Fsp3) is 0.0909. The maximum absolute atomic E-state index is 12.4. The zero-order chi connectivity index (χ0) is 19.3. The SMILES string of the molecule is O=C(CCOc1ccccc1Cl)Nc1ccccc1-c1nc2ccccc2[nH]1. The van der Waals surface area contributed by atoms with E-state index in [9.17, 15) is 4.79 Å². The van der Waals surface area contributed by atoms with Crippen LogP contribution in [0.4, 0.5) is 5.69 Å². The number of rotatable bonds is 6. The number of carbonyl (C=O) groups excluding carboxylic acids is 1. The van der Waals surface area contributed by atoms with Crippen molar-refractivity contribution in [3.63, 3.8) is 0 Å². The number of benzene rings is 3. The summed E-state index contributed by atoms with van der Waals surface area (Å²) in [5.41, 5.74) is 3.36. The van der Waals surface area contributed by atoms with Crippen LogP contribution in [0.15, 0.2) is 72.8 Å². The van der Waals surface area contributed by atoms with Crippen molar-refractivity contribution in [3.05, 3.63) is 77.8 Å². The highest BCUT2D eigenvalue weighted by Crippen LogP contribution is 2.28. The molecule has 0 unspecified atom stereocenters. The normalized spacial score (nSPS) is 10.8. The Morgan fingerprint density at radius 3 is 2.61 bits per heavy atom. The quantitative estimate of drug-likeness (QED) is 0.469. The lowest BCUT2D eigenvalue weighted by molar-refractivity contribution is -0.116. The summed E-state index contributed by atoms with van der Waals surface area (Å²) >= 11 is 6.06. The molecule has 140 valence electrons. The van der Waals surface area contributed by atoms with Crippen LogP contribution in [0.5, 0.6) is 5.75 Å². The van der Waals surface area contributed by atoms with Gasteiger partial charge in [0.25, 0.3) is 0 Å². The number of halogens is 1. The first-order valence-electron chi connectivity index (χ1n) is 8.92. The van der Waals surface area contributed by atoms with Gasteiger partial charge >= 0.3 is 0 Å². The Bertz CT molecular complexity index is 1090. The minimum Gasteiger partial charge on any atom is -0.491 e. The van der Waals surface area contributed by atoms with Crippen molar-refractivity contribution in [1.82, 2.24) is 9.97 Å². The fourth-order valence-electron chi connectivity index (χ4n) is 2.91. The average Bonchev–Trinajstić information content (AvgIpc) is 3.14. The van der Waals surface area contributed by atoms with Gasteiger partial charge in [0.2, 0.25) is 5.91 Å². The first-order valence-corrected chi connectivity index (χ1v) is 9.30. The van der Waals surface area contributed by atoms with Crippen LogP contribution in [0, 0.1) is 0 Å². The van der Waals surface area contributed by atoms with Gasteiger partial charge in [-0.1, -0.05) is 48.0 Å². The Hall–Kier alpha value is -3.31. The molecular weight excluding hydrogens is 374 g/mol. The number of aromatic nitrogens is 2.